The van der Waals surface area contributed by atoms with E-state index in [-0.39, 0.29) is 16.6 Å². The summed E-state index contributed by atoms with van der Waals surface area (Å²) in [6.45, 7) is 0.948. The van der Waals surface area contributed by atoms with Crippen molar-refractivity contribution in [2.75, 3.05) is 5.32 Å². The van der Waals surface area contributed by atoms with Crippen LogP contribution in [0.2, 0.25) is 5.02 Å². The highest BCUT2D eigenvalue weighted by Crippen LogP contribution is 2.34. The number of sulfonamides is 1. The third kappa shape index (κ3) is 5.31. The minimum atomic E-state index is -4.05. The van der Waals surface area contributed by atoms with E-state index in [1.807, 2.05) is 47.8 Å². The van der Waals surface area contributed by atoms with Gasteiger partial charge in [-0.2, -0.15) is 4.68 Å². The van der Waals surface area contributed by atoms with Gasteiger partial charge in [-0.25, -0.2) is 13.6 Å². The summed E-state index contributed by atoms with van der Waals surface area (Å²) in [6, 6.07) is 16.5. The Kier molecular flexibility index (Phi) is 6.82. The van der Waals surface area contributed by atoms with Gasteiger partial charge in [-0.3, -0.25) is 0 Å². The maximum absolute atomic E-state index is 12.0. The number of rotatable bonds is 9. The smallest absolute Gasteiger partial charge is 0.239 e. The predicted molar refractivity (Wildman–Crippen MR) is 123 cm³/mol. The fourth-order valence-electron chi connectivity index (χ4n) is 3.01. The number of ether oxygens (including phenoxy) is 1. The number of hydrogen-bond acceptors (Lipinski definition) is 8. The zero-order valence-corrected chi connectivity index (χ0v) is 19.1. The molecule has 0 spiro atoms. The second-order valence-corrected chi connectivity index (χ2v) is 9.74. The number of nitrogens with zero attached hydrogens (tertiary/aromatic N) is 4. The highest BCUT2D eigenvalue weighted by Gasteiger charge is 2.21. The summed E-state index contributed by atoms with van der Waals surface area (Å²) in [5, 5.41) is 22.4. The fraction of sp³-hybridized carbons (Fsp3) is 0.150. The molecule has 0 atom stereocenters. The summed E-state index contributed by atoms with van der Waals surface area (Å²) >= 11 is 7.81. The molecule has 166 valence electrons. The fourth-order valence-corrected chi connectivity index (χ4v) is 4.75. The van der Waals surface area contributed by atoms with E-state index in [4.69, 9.17) is 21.5 Å². The van der Waals surface area contributed by atoms with Crippen LogP contribution in [-0.4, -0.2) is 28.6 Å². The van der Waals surface area contributed by atoms with Gasteiger partial charge in [-0.1, -0.05) is 48.0 Å². The molecule has 32 heavy (non-hydrogen) atoms. The van der Waals surface area contributed by atoms with Crippen LogP contribution < -0.4 is 10.5 Å². The predicted octanol–water partition coefficient (Wildman–Crippen LogP) is 3.49. The van der Waals surface area contributed by atoms with E-state index in [1.54, 1.807) is 11.3 Å². The first-order valence-electron chi connectivity index (χ1n) is 9.42. The molecule has 0 aliphatic heterocycles. The Hall–Kier alpha value is -2.83. The maximum atomic E-state index is 12.0. The third-order valence-corrected chi connectivity index (χ3v) is 6.76. The molecule has 4 aromatic rings. The minimum Gasteiger partial charge on any atom is -0.380 e. The molecule has 12 heteroatoms. The van der Waals surface area contributed by atoms with Gasteiger partial charge in [0, 0.05) is 22.7 Å². The van der Waals surface area contributed by atoms with Crippen LogP contribution >= 0.6 is 22.9 Å². The molecule has 2 aromatic carbocycles. The third-order valence-electron chi connectivity index (χ3n) is 4.51. The number of thiophene rings is 1. The van der Waals surface area contributed by atoms with E-state index in [1.165, 1.54) is 16.8 Å². The Balaban J connectivity index is 1.64. The van der Waals surface area contributed by atoms with Gasteiger partial charge in [0.2, 0.25) is 10.0 Å². The van der Waals surface area contributed by atoms with Gasteiger partial charge in [0.15, 0.2) is 5.82 Å². The summed E-state index contributed by atoms with van der Waals surface area (Å²) < 4.78 is 31.3. The summed E-state index contributed by atoms with van der Waals surface area (Å²) in [6.07, 6.45) is 0. The van der Waals surface area contributed by atoms with Crippen LogP contribution in [0.5, 0.6) is 0 Å². The average Bonchev–Trinajstić information content (AvgIpc) is 3.44. The topological polar surface area (TPSA) is 125 Å². The number of aromatic nitrogens is 4. The molecule has 0 radical (unpaired) electrons. The molecule has 0 amide bonds. The van der Waals surface area contributed by atoms with Gasteiger partial charge in [0.05, 0.1) is 11.6 Å². The van der Waals surface area contributed by atoms with Crippen LogP contribution in [0.25, 0.3) is 11.4 Å². The lowest BCUT2D eigenvalue weighted by Gasteiger charge is -2.14. The molecule has 4 rings (SSSR count). The van der Waals surface area contributed by atoms with Crippen molar-refractivity contribution in [3.05, 3.63) is 75.4 Å². The zero-order valence-electron chi connectivity index (χ0n) is 16.7. The van der Waals surface area contributed by atoms with Crippen LogP contribution in [0.15, 0.2) is 64.9 Å². The minimum absolute atomic E-state index is 0.00396. The molecule has 0 bridgehead atoms. The van der Waals surface area contributed by atoms with Crippen molar-refractivity contribution in [2.24, 2.45) is 5.14 Å². The van der Waals surface area contributed by atoms with E-state index >= 15 is 0 Å². The zero-order chi connectivity index (χ0) is 22.6. The van der Waals surface area contributed by atoms with Gasteiger partial charge in [0.25, 0.3) is 0 Å². The van der Waals surface area contributed by atoms with Gasteiger partial charge in [-0.05, 0) is 39.6 Å². The lowest BCUT2D eigenvalue weighted by molar-refractivity contribution is 0.0560. The summed E-state index contributed by atoms with van der Waals surface area (Å²) in [5.41, 5.74) is 2.00. The molecule has 0 saturated carbocycles. The number of anilines is 1. The number of benzene rings is 2. The normalized spacial score (nSPS) is 11.6. The molecular formula is C20H19ClN6O3S2. The van der Waals surface area contributed by atoms with Crippen LogP contribution in [0.3, 0.4) is 0 Å². The van der Waals surface area contributed by atoms with Crippen LogP contribution in [0.4, 0.5) is 5.69 Å². The van der Waals surface area contributed by atoms with Crippen molar-refractivity contribution < 1.29 is 13.2 Å². The second kappa shape index (κ2) is 9.76. The number of hydrogen-bond donors (Lipinski definition) is 2. The Morgan fingerprint density at radius 2 is 1.97 bits per heavy atom. The van der Waals surface area contributed by atoms with Gasteiger partial charge in [-0.15, -0.1) is 16.4 Å². The largest absolute Gasteiger partial charge is 0.380 e. The highest BCUT2D eigenvalue weighted by molar-refractivity contribution is 7.89. The van der Waals surface area contributed by atoms with Crippen LogP contribution in [0, 0.1) is 0 Å². The summed E-state index contributed by atoms with van der Waals surface area (Å²) in [4.78, 5) is 0.879. The van der Waals surface area contributed by atoms with E-state index in [2.05, 4.69) is 20.8 Å². The highest BCUT2D eigenvalue weighted by atomic mass is 35.5. The molecule has 2 heterocycles. The SMILES string of the molecule is NS(=O)(=O)c1cc(-c2nnnn2COCc2ccccc2)c(NCc2cccs2)cc1Cl. The first-order chi connectivity index (χ1) is 15.4. The van der Waals surface area contributed by atoms with Crippen molar-refractivity contribution in [1.82, 2.24) is 20.2 Å². The van der Waals surface area contributed by atoms with Crippen molar-refractivity contribution >= 4 is 38.6 Å². The number of halogens is 1. The lowest BCUT2D eigenvalue weighted by atomic mass is 10.1. The molecule has 0 aliphatic carbocycles. The Morgan fingerprint density at radius 3 is 2.69 bits per heavy atom. The molecule has 0 aliphatic rings. The Bertz CT molecular complexity index is 1290. The van der Waals surface area contributed by atoms with E-state index in [9.17, 15) is 8.42 Å². The number of nitrogens with one attached hydrogen (secondary N) is 1. The molecule has 0 saturated heterocycles. The van der Waals surface area contributed by atoms with Gasteiger partial charge in [0.1, 0.15) is 11.6 Å². The van der Waals surface area contributed by atoms with E-state index in [0.717, 1.165) is 10.4 Å². The van der Waals surface area contributed by atoms with Crippen LogP contribution in [-0.2, 0) is 34.6 Å². The summed E-state index contributed by atoms with van der Waals surface area (Å²) in [7, 11) is -4.05. The second-order valence-electron chi connectivity index (χ2n) is 6.77. The Morgan fingerprint density at radius 1 is 1.16 bits per heavy atom. The maximum Gasteiger partial charge on any atom is 0.239 e. The van der Waals surface area contributed by atoms with Crippen molar-refractivity contribution in [2.45, 2.75) is 24.8 Å². The first-order valence-corrected chi connectivity index (χ1v) is 12.2. The molecule has 2 aromatic heterocycles. The van der Waals surface area contributed by atoms with Gasteiger partial charge < -0.3 is 10.1 Å². The molecule has 0 unspecified atom stereocenters. The van der Waals surface area contributed by atoms with Crippen molar-refractivity contribution in [3.8, 4) is 11.4 Å². The van der Waals surface area contributed by atoms with Crippen molar-refractivity contribution in [3.63, 3.8) is 0 Å². The molecule has 9 nitrogen and oxygen atoms in total. The first kappa shape index (κ1) is 22.4. The van der Waals surface area contributed by atoms with E-state index in [0.29, 0.717) is 30.2 Å². The number of tetrazole rings is 1. The van der Waals surface area contributed by atoms with Crippen molar-refractivity contribution in [1.29, 1.82) is 0 Å². The molecular weight excluding hydrogens is 472 g/mol. The quantitative estimate of drug-likeness (QED) is 0.368. The molecule has 3 N–H and O–H groups in total. The monoisotopic (exact) mass is 490 g/mol. The number of primary sulfonamides is 1. The molecule has 0 fully saturated rings. The van der Waals surface area contributed by atoms with Crippen LogP contribution in [0.1, 0.15) is 10.4 Å². The average molecular weight is 491 g/mol. The van der Waals surface area contributed by atoms with Gasteiger partial charge >= 0.3 is 0 Å². The lowest BCUT2D eigenvalue weighted by Crippen LogP contribution is -2.14. The summed E-state index contributed by atoms with van der Waals surface area (Å²) in [5.74, 6) is 0.313. The number of nitrogens with two attached hydrogens (primary N) is 1. The Labute approximate surface area is 193 Å². The standard InChI is InChI=1S/C20H19ClN6O3S2/c21-17-10-18(23-11-15-7-4-8-31-15)16(9-19(17)32(22,28)29)20-24-25-26-27(20)13-30-12-14-5-2-1-3-6-14/h1-10,23H,11-13H2,(H2,22,28,29). The van der Waals surface area contributed by atoms with E-state index < -0.39 is 10.0 Å².